The van der Waals surface area contributed by atoms with Crippen molar-refractivity contribution in [2.45, 2.75) is 63.8 Å². The zero-order valence-corrected chi connectivity index (χ0v) is 13.3. The Balaban J connectivity index is 1.29. The van der Waals surface area contributed by atoms with Gasteiger partial charge < -0.3 is 15.4 Å². The molecule has 2 fully saturated rings. The van der Waals surface area contributed by atoms with E-state index in [1.165, 1.54) is 19.3 Å². The highest BCUT2D eigenvalue weighted by Crippen LogP contribution is 2.31. The Labute approximate surface area is 132 Å². The molecule has 0 aromatic heterocycles. The van der Waals surface area contributed by atoms with Crippen LogP contribution in [-0.2, 0) is 11.3 Å². The summed E-state index contributed by atoms with van der Waals surface area (Å²) >= 11 is 0. The Kier molecular flexibility index (Phi) is 4.98. The summed E-state index contributed by atoms with van der Waals surface area (Å²) in [5, 5.41) is 6.63. The summed E-state index contributed by atoms with van der Waals surface area (Å²) in [6, 6.07) is 11.2. The first-order valence-electron chi connectivity index (χ1n) is 8.44. The van der Waals surface area contributed by atoms with Crippen LogP contribution < -0.4 is 10.6 Å². The third kappa shape index (κ3) is 4.01. The lowest BCUT2D eigenvalue weighted by molar-refractivity contribution is 0.121. The van der Waals surface area contributed by atoms with Crippen molar-refractivity contribution in [2.24, 2.45) is 5.92 Å². The van der Waals surface area contributed by atoms with Gasteiger partial charge in [-0.1, -0.05) is 36.8 Å². The van der Waals surface area contributed by atoms with Gasteiger partial charge in [-0.15, -0.1) is 0 Å². The summed E-state index contributed by atoms with van der Waals surface area (Å²) in [5.74, 6) is 0.864. The monoisotopic (exact) mass is 302 g/mol. The van der Waals surface area contributed by atoms with E-state index in [4.69, 9.17) is 4.74 Å². The zero-order chi connectivity index (χ0) is 15.4. The molecule has 1 aromatic rings. The molecule has 22 heavy (non-hydrogen) atoms. The number of rotatable bonds is 6. The van der Waals surface area contributed by atoms with Crippen LogP contribution in [-0.4, -0.2) is 24.2 Å². The van der Waals surface area contributed by atoms with E-state index in [2.05, 4.69) is 17.6 Å². The topological polar surface area (TPSA) is 50.4 Å². The molecule has 1 atom stereocenters. The molecular formula is C18H26N2O2. The number of hydrogen-bond acceptors (Lipinski definition) is 3. The van der Waals surface area contributed by atoms with E-state index < -0.39 is 0 Å². The quantitative estimate of drug-likeness (QED) is 0.848. The van der Waals surface area contributed by atoms with Crippen LogP contribution in [0.3, 0.4) is 0 Å². The van der Waals surface area contributed by atoms with Crippen LogP contribution in [0.1, 0.15) is 44.6 Å². The van der Waals surface area contributed by atoms with Crippen LogP contribution in [0.4, 0.5) is 4.79 Å². The molecule has 0 aliphatic heterocycles. The molecule has 1 amide bonds. The lowest BCUT2D eigenvalue weighted by Crippen LogP contribution is -2.55. The minimum Gasteiger partial charge on any atom is -0.445 e. The van der Waals surface area contributed by atoms with E-state index in [1.807, 2.05) is 30.3 Å². The van der Waals surface area contributed by atoms with Gasteiger partial charge >= 0.3 is 6.09 Å². The summed E-state index contributed by atoms with van der Waals surface area (Å²) in [6.07, 6.45) is 5.84. The lowest BCUT2D eigenvalue weighted by Gasteiger charge is -2.41. The van der Waals surface area contributed by atoms with Crippen LogP contribution in [0.25, 0.3) is 0 Å². The summed E-state index contributed by atoms with van der Waals surface area (Å²) in [7, 11) is 0. The first kappa shape index (κ1) is 15.3. The van der Waals surface area contributed by atoms with Crippen molar-refractivity contribution in [1.29, 1.82) is 0 Å². The number of carbonyl (C=O) groups excluding carboxylic acids is 1. The number of benzene rings is 1. The van der Waals surface area contributed by atoms with Crippen molar-refractivity contribution in [3.63, 3.8) is 0 Å². The number of ether oxygens (including phenoxy) is 1. The van der Waals surface area contributed by atoms with Crippen molar-refractivity contribution in [3.8, 4) is 0 Å². The maximum Gasteiger partial charge on any atom is 0.407 e. The van der Waals surface area contributed by atoms with E-state index in [1.54, 1.807) is 0 Å². The number of carbonyl (C=O) groups is 1. The summed E-state index contributed by atoms with van der Waals surface area (Å²) in [5.41, 5.74) is 1.01. The van der Waals surface area contributed by atoms with Crippen LogP contribution >= 0.6 is 0 Å². The summed E-state index contributed by atoms with van der Waals surface area (Å²) < 4.78 is 5.25. The SMILES string of the molecule is CC(NC1CC(NC(=O)OCc2ccccc2)C1)C1CCC1. The molecule has 4 nitrogen and oxygen atoms in total. The second-order valence-corrected chi connectivity index (χ2v) is 6.72. The fourth-order valence-corrected chi connectivity index (χ4v) is 3.25. The van der Waals surface area contributed by atoms with Crippen LogP contribution in [0, 0.1) is 5.92 Å². The minimum atomic E-state index is -0.306. The van der Waals surface area contributed by atoms with Gasteiger partial charge in [0.15, 0.2) is 0 Å². The predicted molar refractivity (Wildman–Crippen MR) is 86.5 cm³/mol. The molecule has 120 valence electrons. The van der Waals surface area contributed by atoms with E-state index in [9.17, 15) is 4.79 Å². The average Bonchev–Trinajstić information content (AvgIpc) is 2.42. The molecule has 0 heterocycles. The van der Waals surface area contributed by atoms with E-state index in [-0.39, 0.29) is 12.1 Å². The third-order valence-electron chi connectivity index (χ3n) is 5.03. The highest BCUT2D eigenvalue weighted by molar-refractivity contribution is 5.67. The number of hydrogen-bond donors (Lipinski definition) is 2. The van der Waals surface area contributed by atoms with Gasteiger partial charge in [0, 0.05) is 18.1 Å². The molecule has 1 unspecified atom stereocenters. The van der Waals surface area contributed by atoms with Gasteiger partial charge in [0.1, 0.15) is 6.61 Å². The van der Waals surface area contributed by atoms with Gasteiger partial charge in [-0.05, 0) is 44.1 Å². The summed E-state index contributed by atoms with van der Waals surface area (Å²) in [6.45, 7) is 2.62. The van der Waals surface area contributed by atoms with E-state index >= 15 is 0 Å². The molecule has 4 heteroatoms. The van der Waals surface area contributed by atoms with Crippen molar-refractivity contribution < 1.29 is 9.53 Å². The molecule has 0 radical (unpaired) electrons. The molecule has 2 saturated carbocycles. The maximum absolute atomic E-state index is 11.8. The molecule has 2 aliphatic rings. The van der Waals surface area contributed by atoms with Crippen LogP contribution in [0.5, 0.6) is 0 Å². The van der Waals surface area contributed by atoms with Gasteiger partial charge in [-0.25, -0.2) is 4.79 Å². The standard InChI is InChI=1S/C18H26N2O2/c1-13(15-8-5-9-15)19-16-10-17(11-16)20-18(21)22-12-14-6-3-2-4-7-14/h2-4,6-7,13,15-17,19H,5,8-12H2,1H3,(H,20,21). The second-order valence-electron chi connectivity index (χ2n) is 6.72. The van der Waals surface area contributed by atoms with Crippen molar-refractivity contribution >= 4 is 6.09 Å². The Morgan fingerprint density at radius 2 is 1.95 bits per heavy atom. The molecule has 3 rings (SSSR count). The number of amides is 1. The van der Waals surface area contributed by atoms with E-state index in [0.29, 0.717) is 18.7 Å². The fraction of sp³-hybridized carbons (Fsp3) is 0.611. The average molecular weight is 302 g/mol. The fourth-order valence-electron chi connectivity index (χ4n) is 3.25. The Morgan fingerprint density at radius 1 is 1.23 bits per heavy atom. The molecular weight excluding hydrogens is 276 g/mol. The van der Waals surface area contributed by atoms with Gasteiger partial charge in [0.25, 0.3) is 0 Å². The van der Waals surface area contributed by atoms with Crippen molar-refractivity contribution in [3.05, 3.63) is 35.9 Å². The Hall–Kier alpha value is -1.55. The predicted octanol–water partition coefficient (Wildman–Crippen LogP) is 3.22. The smallest absolute Gasteiger partial charge is 0.407 e. The highest BCUT2D eigenvalue weighted by atomic mass is 16.5. The van der Waals surface area contributed by atoms with Gasteiger partial charge in [-0.2, -0.15) is 0 Å². The highest BCUT2D eigenvalue weighted by Gasteiger charge is 2.33. The van der Waals surface area contributed by atoms with E-state index in [0.717, 1.165) is 24.3 Å². The molecule has 0 saturated heterocycles. The van der Waals surface area contributed by atoms with Gasteiger partial charge in [-0.3, -0.25) is 0 Å². The van der Waals surface area contributed by atoms with Crippen molar-refractivity contribution in [2.75, 3.05) is 0 Å². The summed E-state index contributed by atoms with van der Waals surface area (Å²) in [4.78, 5) is 11.8. The zero-order valence-electron chi connectivity index (χ0n) is 13.3. The van der Waals surface area contributed by atoms with Crippen molar-refractivity contribution in [1.82, 2.24) is 10.6 Å². The normalized spacial score (nSPS) is 25.7. The minimum absolute atomic E-state index is 0.259. The third-order valence-corrected chi connectivity index (χ3v) is 5.03. The molecule has 0 spiro atoms. The largest absolute Gasteiger partial charge is 0.445 e. The molecule has 1 aromatic carbocycles. The lowest BCUT2D eigenvalue weighted by atomic mass is 9.78. The van der Waals surface area contributed by atoms with Crippen LogP contribution in [0.15, 0.2) is 30.3 Å². The number of alkyl carbamates (subject to hydrolysis) is 1. The first-order chi connectivity index (χ1) is 10.7. The number of nitrogens with one attached hydrogen (secondary N) is 2. The molecule has 2 N–H and O–H groups in total. The molecule has 2 aliphatic carbocycles. The first-order valence-corrected chi connectivity index (χ1v) is 8.44. The Morgan fingerprint density at radius 3 is 2.59 bits per heavy atom. The molecule has 0 bridgehead atoms. The second kappa shape index (κ2) is 7.14. The Bertz CT molecular complexity index is 481. The maximum atomic E-state index is 11.8. The van der Waals surface area contributed by atoms with Gasteiger partial charge in [0.05, 0.1) is 0 Å². The van der Waals surface area contributed by atoms with Crippen LogP contribution in [0.2, 0.25) is 0 Å². The van der Waals surface area contributed by atoms with Gasteiger partial charge in [0.2, 0.25) is 0 Å².